The van der Waals surface area contributed by atoms with Crippen molar-refractivity contribution in [3.05, 3.63) is 59.5 Å². The molecule has 0 unspecified atom stereocenters. The number of carbonyl (C=O) groups excluding carboxylic acids is 3. The highest BCUT2D eigenvalue weighted by molar-refractivity contribution is 6.06. The molecular formula is C19H18N2O5. The maximum Gasteiger partial charge on any atom is 0.355 e. The molecule has 0 spiro atoms. The maximum absolute atomic E-state index is 12.4. The van der Waals surface area contributed by atoms with Crippen LogP contribution in [0.3, 0.4) is 0 Å². The lowest BCUT2D eigenvalue weighted by atomic mass is 10.1. The molecule has 0 fully saturated rings. The summed E-state index contributed by atoms with van der Waals surface area (Å²) in [5.74, 6) is -1.32. The van der Waals surface area contributed by atoms with E-state index in [1.807, 2.05) is 6.07 Å². The molecule has 1 aromatic rings. The zero-order valence-electron chi connectivity index (χ0n) is 14.7. The van der Waals surface area contributed by atoms with Crippen LogP contribution in [0.1, 0.15) is 5.56 Å². The molecule has 134 valence electrons. The standard InChI is InChI=1S/C19H18N2O5/c1-20-15-11-13(8-7-12(15)10-16(20)22)21-9-5-4-6-14(18(23)25-2)17(21)19(24)26-3/h4-9,11H,10H2,1-3H3. The van der Waals surface area contributed by atoms with E-state index in [-0.39, 0.29) is 17.2 Å². The van der Waals surface area contributed by atoms with Crippen LogP contribution < -0.4 is 9.80 Å². The number of hydrogen-bond acceptors (Lipinski definition) is 6. The summed E-state index contributed by atoms with van der Waals surface area (Å²) in [7, 11) is 4.20. The molecule has 0 N–H and O–H groups in total. The molecule has 7 nitrogen and oxygen atoms in total. The van der Waals surface area contributed by atoms with Gasteiger partial charge in [0.25, 0.3) is 0 Å². The van der Waals surface area contributed by atoms with Gasteiger partial charge in [-0.2, -0.15) is 0 Å². The average Bonchev–Trinajstić information content (AvgIpc) is 2.83. The fraction of sp³-hybridized carbons (Fsp3) is 0.211. The molecule has 26 heavy (non-hydrogen) atoms. The third-order valence-corrected chi connectivity index (χ3v) is 4.31. The Bertz CT molecular complexity index is 882. The van der Waals surface area contributed by atoms with Crippen LogP contribution in [0.2, 0.25) is 0 Å². The molecule has 0 atom stereocenters. The summed E-state index contributed by atoms with van der Waals surface area (Å²) >= 11 is 0. The predicted molar refractivity (Wildman–Crippen MR) is 95.4 cm³/mol. The smallest absolute Gasteiger partial charge is 0.355 e. The quantitative estimate of drug-likeness (QED) is 0.769. The van der Waals surface area contributed by atoms with Crippen molar-refractivity contribution >= 4 is 29.2 Å². The number of rotatable bonds is 3. The Balaban J connectivity index is 2.15. The first-order valence-electron chi connectivity index (χ1n) is 7.92. The van der Waals surface area contributed by atoms with Gasteiger partial charge in [-0.05, 0) is 29.8 Å². The molecule has 3 rings (SSSR count). The van der Waals surface area contributed by atoms with Crippen molar-refractivity contribution in [3.8, 4) is 0 Å². The molecule has 7 heteroatoms. The van der Waals surface area contributed by atoms with Gasteiger partial charge in [-0.3, -0.25) is 4.79 Å². The van der Waals surface area contributed by atoms with Gasteiger partial charge in [-0.1, -0.05) is 12.1 Å². The second-order valence-corrected chi connectivity index (χ2v) is 5.76. The fourth-order valence-electron chi connectivity index (χ4n) is 2.95. The maximum atomic E-state index is 12.4. The molecule has 2 heterocycles. The molecule has 1 amide bonds. The van der Waals surface area contributed by atoms with E-state index in [1.165, 1.54) is 20.3 Å². The van der Waals surface area contributed by atoms with Crippen LogP contribution in [0.5, 0.6) is 0 Å². The van der Waals surface area contributed by atoms with E-state index in [0.717, 1.165) is 11.3 Å². The third-order valence-electron chi connectivity index (χ3n) is 4.31. The minimum Gasteiger partial charge on any atom is -0.465 e. The van der Waals surface area contributed by atoms with Crippen molar-refractivity contribution in [1.29, 1.82) is 0 Å². The normalized spacial score (nSPS) is 15.9. The Morgan fingerprint density at radius 1 is 1.08 bits per heavy atom. The average molecular weight is 354 g/mol. The number of methoxy groups -OCH3 is 2. The Morgan fingerprint density at radius 2 is 1.81 bits per heavy atom. The van der Waals surface area contributed by atoms with Crippen LogP contribution >= 0.6 is 0 Å². The summed E-state index contributed by atoms with van der Waals surface area (Å²) in [5.41, 5.74) is 2.41. The minimum atomic E-state index is -0.675. The fourth-order valence-corrected chi connectivity index (χ4v) is 2.95. The van der Waals surface area contributed by atoms with E-state index in [2.05, 4.69) is 0 Å². The van der Waals surface area contributed by atoms with Gasteiger partial charge < -0.3 is 19.3 Å². The number of benzene rings is 1. The molecule has 0 bridgehead atoms. The first-order chi connectivity index (χ1) is 12.5. The van der Waals surface area contributed by atoms with E-state index in [4.69, 9.17) is 9.47 Å². The Hall–Kier alpha value is -3.35. The number of likely N-dealkylation sites (N-methyl/N-ethyl adjacent to an activating group) is 1. The lowest BCUT2D eigenvalue weighted by Gasteiger charge is -2.24. The van der Waals surface area contributed by atoms with Crippen LogP contribution in [0.15, 0.2) is 53.9 Å². The monoisotopic (exact) mass is 354 g/mol. The lowest BCUT2D eigenvalue weighted by Crippen LogP contribution is -2.27. The lowest BCUT2D eigenvalue weighted by molar-refractivity contribution is -0.139. The SMILES string of the molecule is COC(=O)C1=C(C(=O)OC)N(c2ccc3c(c2)N(C)C(=O)C3)C=CC=C1. The number of ether oxygens (including phenoxy) is 2. The highest BCUT2D eigenvalue weighted by Crippen LogP contribution is 2.34. The van der Waals surface area contributed by atoms with Gasteiger partial charge in [-0.25, -0.2) is 9.59 Å². The first-order valence-corrected chi connectivity index (χ1v) is 7.92. The number of esters is 2. The second kappa shape index (κ2) is 6.87. The molecule has 0 radical (unpaired) electrons. The van der Waals surface area contributed by atoms with Crippen LogP contribution in [-0.4, -0.2) is 39.1 Å². The predicted octanol–water partition coefficient (Wildman–Crippen LogP) is 1.70. The summed E-state index contributed by atoms with van der Waals surface area (Å²) < 4.78 is 9.67. The summed E-state index contributed by atoms with van der Waals surface area (Å²) in [6.45, 7) is 0. The molecule has 2 aliphatic rings. The number of nitrogens with zero attached hydrogens (tertiary/aromatic N) is 2. The van der Waals surface area contributed by atoms with Crippen LogP contribution in [0, 0.1) is 0 Å². The van der Waals surface area contributed by atoms with Gasteiger partial charge >= 0.3 is 11.9 Å². The second-order valence-electron chi connectivity index (χ2n) is 5.76. The van der Waals surface area contributed by atoms with Gasteiger partial charge in [0.05, 0.1) is 26.2 Å². The van der Waals surface area contributed by atoms with Crippen molar-refractivity contribution in [2.24, 2.45) is 0 Å². The molecule has 0 aliphatic carbocycles. The Labute approximate surface area is 150 Å². The zero-order valence-corrected chi connectivity index (χ0v) is 14.7. The van der Waals surface area contributed by atoms with Gasteiger partial charge in [0, 0.05) is 24.6 Å². The largest absolute Gasteiger partial charge is 0.465 e. The van der Waals surface area contributed by atoms with Crippen LogP contribution in [-0.2, 0) is 30.3 Å². The van der Waals surface area contributed by atoms with Crippen LogP contribution in [0.25, 0.3) is 0 Å². The van der Waals surface area contributed by atoms with Crippen molar-refractivity contribution in [2.75, 3.05) is 31.1 Å². The van der Waals surface area contributed by atoms with Crippen molar-refractivity contribution < 1.29 is 23.9 Å². The van der Waals surface area contributed by atoms with E-state index in [1.54, 1.807) is 47.3 Å². The van der Waals surface area contributed by atoms with Gasteiger partial charge in [0.15, 0.2) is 0 Å². The van der Waals surface area contributed by atoms with Crippen molar-refractivity contribution in [1.82, 2.24) is 0 Å². The van der Waals surface area contributed by atoms with Crippen LogP contribution in [0.4, 0.5) is 11.4 Å². The Morgan fingerprint density at radius 3 is 2.50 bits per heavy atom. The van der Waals surface area contributed by atoms with Gasteiger partial charge in [-0.15, -0.1) is 0 Å². The molecule has 2 aliphatic heterocycles. The Kier molecular flexibility index (Phi) is 4.62. The number of amides is 1. The molecule has 1 aromatic carbocycles. The van der Waals surface area contributed by atoms with Crippen molar-refractivity contribution in [3.63, 3.8) is 0 Å². The molecule has 0 saturated carbocycles. The van der Waals surface area contributed by atoms with Gasteiger partial charge in [0.1, 0.15) is 5.70 Å². The van der Waals surface area contributed by atoms with E-state index in [0.29, 0.717) is 12.1 Å². The number of hydrogen-bond donors (Lipinski definition) is 0. The molecular weight excluding hydrogens is 336 g/mol. The summed E-state index contributed by atoms with van der Waals surface area (Å²) in [4.78, 5) is 39.6. The number of allylic oxidation sites excluding steroid dienone is 2. The topological polar surface area (TPSA) is 76.2 Å². The summed E-state index contributed by atoms with van der Waals surface area (Å²) in [6, 6.07) is 5.43. The van der Waals surface area contributed by atoms with Crippen molar-refractivity contribution in [2.45, 2.75) is 6.42 Å². The highest BCUT2D eigenvalue weighted by atomic mass is 16.5. The summed E-state index contributed by atoms with van der Waals surface area (Å²) in [6.07, 6.45) is 6.82. The van der Waals surface area contributed by atoms with E-state index in [9.17, 15) is 14.4 Å². The first kappa shape index (κ1) is 17.5. The van der Waals surface area contributed by atoms with E-state index >= 15 is 0 Å². The summed E-state index contributed by atoms with van der Waals surface area (Å²) in [5, 5.41) is 0. The zero-order chi connectivity index (χ0) is 18.8. The minimum absolute atomic E-state index is 0.00390. The van der Waals surface area contributed by atoms with Gasteiger partial charge in [0.2, 0.25) is 5.91 Å². The number of anilines is 2. The highest BCUT2D eigenvalue weighted by Gasteiger charge is 2.29. The molecule has 0 saturated heterocycles. The third kappa shape index (κ3) is 2.88. The number of carbonyl (C=O) groups is 3. The van der Waals surface area contributed by atoms with E-state index < -0.39 is 11.9 Å². The number of fused-ring (bicyclic) bond motifs is 1. The molecule has 0 aromatic heterocycles.